The van der Waals surface area contributed by atoms with Crippen LogP contribution in [0.4, 0.5) is 10.1 Å². The van der Waals surface area contributed by atoms with Crippen molar-refractivity contribution in [1.82, 2.24) is 0 Å². The molecule has 0 aliphatic carbocycles. The summed E-state index contributed by atoms with van der Waals surface area (Å²) in [5.41, 5.74) is 7.11. The van der Waals surface area contributed by atoms with Crippen molar-refractivity contribution in [3.05, 3.63) is 52.8 Å². The molecule has 0 atom stereocenters. The second-order valence-corrected chi connectivity index (χ2v) is 4.32. The molecule has 19 heavy (non-hydrogen) atoms. The van der Waals surface area contributed by atoms with E-state index in [0.29, 0.717) is 11.4 Å². The summed E-state index contributed by atoms with van der Waals surface area (Å²) in [4.78, 5) is 0. The molecule has 0 aliphatic rings. The summed E-state index contributed by atoms with van der Waals surface area (Å²) in [5, 5.41) is 0.0340. The number of anilines is 1. The van der Waals surface area contributed by atoms with E-state index in [2.05, 4.69) is 0 Å². The van der Waals surface area contributed by atoms with Gasteiger partial charge in [0.25, 0.3) is 0 Å². The summed E-state index contributed by atoms with van der Waals surface area (Å²) >= 11 is 5.67. The Hall–Kier alpha value is -1.94. The summed E-state index contributed by atoms with van der Waals surface area (Å²) < 4.78 is 24.0. The SMILES string of the molecule is COc1ccc(COc2cccc(Cl)c2F)cc1N. The van der Waals surface area contributed by atoms with E-state index >= 15 is 0 Å². The van der Waals surface area contributed by atoms with E-state index in [1.54, 1.807) is 31.4 Å². The van der Waals surface area contributed by atoms with Gasteiger partial charge in [-0.2, -0.15) is 0 Å². The van der Waals surface area contributed by atoms with Gasteiger partial charge in [0, 0.05) is 0 Å². The van der Waals surface area contributed by atoms with Crippen molar-refractivity contribution in [2.75, 3.05) is 12.8 Å². The molecular weight excluding hydrogens is 269 g/mol. The van der Waals surface area contributed by atoms with E-state index in [1.165, 1.54) is 12.1 Å². The van der Waals surface area contributed by atoms with Gasteiger partial charge in [-0.25, -0.2) is 4.39 Å². The number of hydrogen-bond donors (Lipinski definition) is 1. The van der Waals surface area contributed by atoms with Crippen LogP contribution in [-0.2, 0) is 6.61 Å². The van der Waals surface area contributed by atoms with E-state index in [9.17, 15) is 4.39 Å². The zero-order valence-corrected chi connectivity index (χ0v) is 11.1. The van der Waals surface area contributed by atoms with Gasteiger partial charge in [-0.15, -0.1) is 0 Å². The van der Waals surface area contributed by atoms with Crippen molar-refractivity contribution in [2.45, 2.75) is 6.61 Å². The summed E-state index contributed by atoms with van der Waals surface area (Å²) in [5.74, 6) is 0.144. The minimum absolute atomic E-state index is 0.0340. The second-order valence-electron chi connectivity index (χ2n) is 3.92. The van der Waals surface area contributed by atoms with Gasteiger partial charge in [0.05, 0.1) is 17.8 Å². The zero-order valence-electron chi connectivity index (χ0n) is 10.3. The van der Waals surface area contributed by atoms with Crippen LogP contribution in [0.1, 0.15) is 5.56 Å². The Morgan fingerprint density at radius 1 is 1.21 bits per heavy atom. The highest BCUT2D eigenvalue weighted by atomic mass is 35.5. The number of nitrogens with two attached hydrogens (primary N) is 1. The average Bonchev–Trinajstić information content (AvgIpc) is 2.40. The molecule has 0 amide bonds. The van der Waals surface area contributed by atoms with Crippen molar-refractivity contribution < 1.29 is 13.9 Å². The zero-order chi connectivity index (χ0) is 13.8. The number of halogens is 2. The molecule has 0 fully saturated rings. The second kappa shape index (κ2) is 5.80. The highest BCUT2D eigenvalue weighted by Crippen LogP contribution is 2.26. The normalized spacial score (nSPS) is 10.3. The van der Waals surface area contributed by atoms with Crippen LogP contribution >= 0.6 is 11.6 Å². The van der Waals surface area contributed by atoms with Crippen LogP contribution in [0.3, 0.4) is 0 Å². The number of methoxy groups -OCH3 is 1. The van der Waals surface area contributed by atoms with Crippen LogP contribution < -0.4 is 15.2 Å². The van der Waals surface area contributed by atoms with Crippen LogP contribution in [0.25, 0.3) is 0 Å². The molecule has 100 valence electrons. The molecule has 0 radical (unpaired) electrons. The fourth-order valence-corrected chi connectivity index (χ4v) is 1.80. The van der Waals surface area contributed by atoms with E-state index in [-0.39, 0.29) is 17.4 Å². The van der Waals surface area contributed by atoms with Crippen molar-refractivity contribution >= 4 is 17.3 Å². The van der Waals surface area contributed by atoms with Crippen molar-refractivity contribution in [1.29, 1.82) is 0 Å². The molecule has 0 unspecified atom stereocenters. The number of ether oxygens (including phenoxy) is 2. The maximum atomic E-state index is 13.6. The van der Waals surface area contributed by atoms with Crippen molar-refractivity contribution in [3.8, 4) is 11.5 Å². The van der Waals surface area contributed by atoms with E-state index in [0.717, 1.165) is 5.56 Å². The molecule has 0 heterocycles. The number of benzene rings is 2. The van der Waals surface area contributed by atoms with Gasteiger partial charge in [-0.1, -0.05) is 23.7 Å². The molecule has 2 N–H and O–H groups in total. The number of hydrogen-bond acceptors (Lipinski definition) is 3. The van der Waals surface area contributed by atoms with Crippen LogP contribution in [0.5, 0.6) is 11.5 Å². The summed E-state index contributed by atoms with van der Waals surface area (Å²) in [7, 11) is 1.54. The third-order valence-corrected chi connectivity index (χ3v) is 2.90. The van der Waals surface area contributed by atoms with Gasteiger partial charge in [0.15, 0.2) is 11.6 Å². The minimum atomic E-state index is -0.564. The smallest absolute Gasteiger partial charge is 0.183 e. The van der Waals surface area contributed by atoms with Crippen LogP contribution in [0, 0.1) is 5.82 Å². The minimum Gasteiger partial charge on any atom is -0.495 e. The molecular formula is C14H13ClFNO2. The average molecular weight is 282 g/mol. The van der Waals surface area contributed by atoms with Crippen LogP contribution in [0.15, 0.2) is 36.4 Å². The number of rotatable bonds is 4. The van der Waals surface area contributed by atoms with Gasteiger partial charge in [0.1, 0.15) is 12.4 Å². The molecule has 2 aromatic rings. The highest BCUT2D eigenvalue weighted by Gasteiger charge is 2.08. The Morgan fingerprint density at radius 2 is 2.00 bits per heavy atom. The first kappa shape index (κ1) is 13.5. The molecule has 2 aromatic carbocycles. The maximum absolute atomic E-state index is 13.6. The Labute approximate surface area is 115 Å². The molecule has 0 spiro atoms. The molecule has 3 nitrogen and oxygen atoms in total. The molecule has 0 aliphatic heterocycles. The fourth-order valence-electron chi connectivity index (χ4n) is 1.63. The molecule has 0 saturated carbocycles. The third-order valence-electron chi connectivity index (χ3n) is 2.60. The number of nitrogen functional groups attached to an aromatic ring is 1. The van der Waals surface area contributed by atoms with Crippen molar-refractivity contribution in [2.24, 2.45) is 0 Å². The lowest BCUT2D eigenvalue weighted by molar-refractivity contribution is 0.290. The van der Waals surface area contributed by atoms with Gasteiger partial charge in [-0.3, -0.25) is 0 Å². The van der Waals surface area contributed by atoms with Gasteiger partial charge < -0.3 is 15.2 Å². The Balaban J connectivity index is 2.10. The van der Waals surface area contributed by atoms with Gasteiger partial charge in [-0.05, 0) is 29.8 Å². The third kappa shape index (κ3) is 3.09. The predicted molar refractivity (Wildman–Crippen MR) is 73.1 cm³/mol. The summed E-state index contributed by atoms with van der Waals surface area (Å²) in [6, 6.07) is 9.88. The first-order valence-electron chi connectivity index (χ1n) is 5.61. The fraction of sp³-hybridized carbons (Fsp3) is 0.143. The van der Waals surface area contributed by atoms with Crippen molar-refractivity contribution in [3.63, 3.8) is 0 Å². The quantitative estimate of drug-likeness (QED) is 0.870. The van der Waals surface area contributed by atoms with Gasteiger partial charge in [0.2, 0.25) is 0 Å². The Bertz CT molecular complexity index is 590. The first-order valence-corrected chi connectivity index (χ1v) is 5.99. The Morgan fingerprint density at radius 3 is 2.68 bits per heavy atom. The van der Waals surface area contributed by atoms with E-state index < -0.39 is 5.82 Å². The van der Waals surface area contributed by atoms with Crippen LogP contribution in [-0.4, -0.2) is 7.11 Å². The molecule has 0 saturated heterocycles. The Kier molecular flexibility index (Phi) is 4.12. The standard InChI is InChI=1S/C14H13ClFNO2/c1-18-12-6-5-9(7-11(12)17)8-19-13-4-2-3-10(15)14(13)16/h2-7H,8,17H2,1H3. The summed E-state index contributed by atoms with van der Waals surface area (Å²) in [6.45, 7) is 0.200. The van der Waals surface area contributed by atoms with E-state index in [1.807, 2.05) is 0 Å². The first-order chi connectivity index (χ1) is 9.11. The predicted octanol–water partition coefficient (Wildman–Crippen LogP) is 3.65. The lowest BCUT2D eigenvalue weighted by Gasteiger charge is -2.10. The molecule has 0 bridgehead atoms. The molecule has 5 heteroatoms. The maximum Gasteiger partial charge on any atom is 0.183 e. The van der Waals surface area contributed by atoms with E-state index in [4.69, 9.17) is 26.8 Å². The van der Waals surface area contributed by atoms with Gasteiger partial charge >= 0.3 is 0 Å². The topological polar surface area (TPSA) is 44.5 Å². The summed E-state index contributed by atoms with van der Waals surface area (Å²) in [6.07, 6.45) is 0. The monoisotopic (exact) mass is 281 g/mol. The lowest BCUT2D eigenvalue weighted by atomic mass is 10.2. The lowest BCUT2D eigenvalue weighted by Crippen LogP contribution is -2.00. The molecule has 2 rings (SSSR count). The highest BCUT2D eigenvalue weighted by molar-refractivity contribution is 6.30. The molecule has 0 aromatic heterocycles. The largest absolute Gasteiger partial charge is 0.495 e. The van der Waals surface area contributed by atoms with Crippen LogP contribution in [0.2, 0.25) is 5.02 Å².